The quantitative estimate of drug-likeness (QED) is 0.846. The topological polar surface area (TPSA) is 66.5 Å². The van der Waals surface area contributed by atoms with Crippen LogP contribution in [0.1, 0.15) is 10.4 Å². The van der Waals surface area contributed by atoms with Gasteiger partial charge in [0, 0.05) is 18.3 Å². The van der Waals surface area contributed by atoms with Gasteiger partial charge >= 0.3 is 0 Å². The second-order valence-electron chi connectivity index (χ2n) is 5.13. The minimum atomic E-state index is -3.90. The van der Waals surface area contributed by atoms with Gasteiger partial charge in [0.1, 0.15) is 4.99 Å². The first-order valence-electron chi connectivity index (χ1n) is 6.90. The fourth-order valence-corrected chi connectivity index (χ4v) is 4.58. The highest BCUT2D eigenvalue weighted by Crippen LogP contribution is 2.32. The first-order valence-corrected chi connectivity index (χ1v) is 8.81. The van der Waals surface area contributed by atoms with Gasteiger partial charge in [-0.2, -0.15) is 0 Å². The van der Waals surface area contributed by atoms with Crippen molar-refractivity contribution >= 4 is 44.4 Å². The lowest BCUT2D eigenvalue weighted by molar-refractivity contribution is 0.100. The van der Waals surface area contributed by atoms with E-state index in [2.05, 4.69) is 5.32 Å². The van der Waals surface area contributed by atoms with Crippen LogP contribution in [0.4, 0.5) is 11.4 Å². The van der Waals surface area contributed by atoms with Crippen LogP contribution in [0.25, 0.3) is 0 Å². The number of fused-ring (bicyclic) bond motifs is 1. The number of nitrogens with zero attached hydrogens (tertiary/aromatic N) is 1. The summed E-state index contributed by atoms with van der Waals surface area (Å²) in [5.41, 5.74) is 1.37. The van der Waals surface area contributed by atoms with E-state index in [0.717, 1.165) is 4.31 Å². The minimum Gasteiger partial charge on any atom is -0.348 e. The van der Waals surface area contributed by atoms with E-state index in [9.17, 15) is 13.2 Å². The van der Waals surface area contributed by atoms with Crippen LogP contribution in [0.3, 0.4) is 0 Å². The first-order chi connectivity index (χ1) is 10.9. The molecule has 0 aliphatic carbocycles. The summed E-state index contributed by atoms with van der Waals surface area (Å²) in [5.74, 6) is -0.507. The van der Waals surface area contributed by atoms with E-state index in [1.165, 1.54) is 7.05 Å². The van der Waals surface area contributed by atoms with E-state index < -0.39 is 21.1 Å². The first kappa shape index (κ1) is 15.6. The van der Waals surface area contributed by atoms with Crippen LogP contribution in [-0.2, 0) is 10.0 Å². The van der Waals surface area contributed by atoms with Crippen molar-refractivity contribution < 1.29 is 13.2 Å². The van der Waals surface area contributed by atoms with Crippen LogP contribution in [0.2, 0.25) is 0 Å². The highest BCUT2D eigenvalue weighted by atomic mass is 32.2. The number of carbonyl (C=O) groups excluding carboxylic acids is 1. The molecule has 0 radical (unpaired) electrons. The number of rotatable bonds is 2. The van der Waals surface area contributed by atoms with E-state index in [1.54, 1.807) is 48.5 Å². The predicted molar refractivity (Wildman–Crippen MR) is 94.5 cm³/mol. The van der Waals surface area contributed by atoms with Crippen LogP contribution >= 0.6 is 12.2 Å². The lowest BCUT2D eigenvalue weighted by Crippen LogP contribution is -2.51. The molecule has 3 rings (SSSR count). The number of benzene rings is 2. The van der Waals surface area contributed by atoms with Crippen molar-refractivity contribution in [2.24, 2.45) is 0 Å². The normalized spacial score (nSPS) is 19.1. The van der Waals surface area contributed by atoms with Gasteiger partial charge in [0.15, 0.2) is 11.0 Å². The molecule has 1 atom stereocenters. The molecule has 5 nitrogen and oxygen atoms in total. The molecular formula is C16H14N2O3S2. The molecule has 1 heterocycles. The number of hydrogen-bond donors (Lipinski definition) is 1. The zero-order chi connectivity index (χ0) is 16.6. The number of anilines is 2. The third-order valence-corrected chi connectivity index (χ3v) is 6.20. The van der Waals surface area contributed by atoms with Crippen LogP contribution in [-0.4, -0.2) is 31.5 Å². The van der Waals surface area contributed by atoms with Crippen molar-refractivity contribution in [1.82, 2.24) is 0 Å². The Morgan fingerprint density at radius 1 is 1.09 bits per heavy atom. The highest BCUT2D eigenvalue weighted by Gasteiger charge is 2.45. The van der Waals surface area contributed by atoms with Crippen molar-refractivity contribution in [3.05, 3.63) is 60.2 Å². The number of nitrogens with one attached hydrogen (secondary N) is 1. The third kappa shape index (κ3) is 2.62. The van der Waals surface area contributed by atoms with Crippen LogP contribution in [0, 0.1) is 0 Å². The predicted octanol–water partition coefficient (Wildman–Crippen LogP) is 2.46. The number of carbonyl (C=O) groups is 1. The molecule has 0 bridgehead atoms. The van der Waals surface area contributed by atoms with Crippen LogP contribution in [0.15, 0.2) is 54.6 Å². The Labute approximate surface area is 140 Å². The fraction of sp³-hybridized carbons (Fsp3) is 0.125. The standard InChI is InChI=1S/C16H14N2O3S2/c1-18-13-10-6-5-9-12(13)14(19)15(23(18,20)21)16(22)17-11-7-3-2-4-8-11/h2-10,15H,1H3,(H,17,22). The van der Waals surface area contributed by atoms with Crippen molar-refractivity contribution in [3.8, 4) is 0 Å². The minimum absolute atomic E-state index is 0.0254. The summed E-state index contributed by atoms with van der Waals surface area (Å²) < 4.78 is 26.5. The average molecular weight is 346 g/mol. The monoisotopic (exact) mass is 346 g/mol. The summed E-state index contributed by atoms with van der Waals surface area (Å²) in [4.78, 5) is 12.7. The number of sulfonamides is 1. The van der Waals surface area contributed by atoms with Crippen molar-refractivity contribution in [1.29, 1.82) is 0 Å². The Bertz CT molecular complexity index is 879. The molecule has 0 spiro atoms. The van der Waals surface area contributed by atoms with Crippen molar-refractivity contribution in [3.63, 3.8) is 0 Å². The maximum atomic E-state index is 12.7. The van der Waals surface area contributed by atoms with Gasteiger partial charge in [-0.25, -0.2) is 8.42 Å². The zero-order valence-corrected chi connectivity index (χ0v) is 13.9. The van der Waals surface area contributed by atoms with Gasteiger partial charge in [-0.05, 0) is 24.3 Å². The molecule has 0 amide bonds. The fourth-order valence-electron chi connectivity index (χ4n) is 2.51. The maximum Gasteiger partial charge on any atom is 0.252 e. The summed E-state index contributed by atoms with van der Waals surface area (Å²) in [7, 11) is -2.47. The van der Waals surface area contributed by atoms with E-state index >= 15 is 0 Å². The molecule has 118 valence electrons. The number of ketones is 1. The Morgan fingerprint density at radius 3 is 2.39 bits per heavy atom. The lowest BCUT2D eigenvalue weighted by Gasteiger charge is -2.32. The average Bonchev–Trinajstić information content (AvgIpc) is 2.54. The Balaban J connectivity index is 2.02. The summed E-state index contributed by atoms with van der Waals surface area (Å²) >= 11 is 5.23. The van der Waals surface area contributed by atoms with Gasteiger partial charge in [0.05, 0.1) is 5.69 Å². The molecule has 23 heavy (non-hydrogen) atoms. The van der Waals surface area contributed by atoms with Gasteiger partial charge in [-0.15, -0.1) is 0 Å². The van der Waals surface area contributed by atoms with Crippen molar-refractivity contribution in [2.75, 3.05) is 16.7 Å². The lowest BCUT2D eigenvalue weighted by atomic mass is 10.1. The smallest absolute Gasteiger partial charge is 0.252 e. The second-order valence-corrected chi connectivity index (χ2v) is 7.62. The molecule has 0 saturated heterocycles. The summed E-state index contributed by atoms with van der Waals surface area (Å²) in [5, 5.41) is 1.43. The van der Waals surface area contributed by atoms with Gasteiger partial charge in [-0.3, -0.25) is 9.10 Å². The Kier molecular flexibility index (Phi) is 3.91. The van der Waals surface area contributed by atoms with Crippen molar-refractivity contribution in [2.45, 2.75) is 5.25 Å². The van der Waals surface area contributed by atoms with Crippen LogP contribution in [0.5, 0.6) is 0 Å². The van der Waals surface area contributed by atoms with Gasteiger partial charge in [-0.1, -0.05) is 42.5 Å². The molecule has 1 aliphatic heterocycles. The summed E-state index contributed by atoms with van der Waals surface area (Å²) in [6.45, 7) is 0. The van der Waals surface area contributed by atoms with E-state index in [1.807, 2.05) is 6.07 Å². The molecule has 1 unspecified atom stereocenters. The second kappa shape index (κ2) is 5.75. The van der Waals surface area contributed by atoms with Gasteiger partial charge in [0.2, 0.25) is 0 Å². The summed E-state index contributed by atoms with van der Waals surface area (Å²) in [6.07, 6.45) is 0. The van der Waals surface area contributed by atoms with E-state index in [0.29, 0.717) is 16.9 Å². The van der Waals surface area contributed by atoms with E-state index in [4.69, 9.17) is 12.2 Å². The van der Waals surface area contributed by atoms with Gasteiger partial charge < -0.3 is 5.32 Å². The zero-order valence-electron chi connectivity index (χ0n) is 12.3. The van der Waals surface area contributed by atoms with E-state index in [-0.39, 0.29) is 4.99 Å². The number of hydrogen-bond acceptors (Lipinski definition) is 4. The maximum absolute atomic E-state index is 12.7. The molecule has 1 aliphatic rings. The SMILES string of the molecule is CN1c2ccccc2C(=O)C(C(=S)Nc2ccccc2)S1(=O)=O. The third-order valence-electron chi connectivity index (χ3n) is 3.71. The molecule has 2 aromatic rings. The number of para-hydroxylation sites is 2. The molecular weight excluding hydrogens is 332 g/mol. The largest absolute Gasteiger partial charge is 0.348 e. The highest BCUT2D eigenvalue weighted by molar-refractivity contribution is 7.96. The summed E-state index contributed by atoms with van der Waals surface area (Å²) in [6, 6.07) is 15.5. The van der Waals surface area contributed by atoms with Crippen LogP contribution < -0.4 is 9.62 Å². The molecule has 1 N–H and O–H groups in total. The number of thiocarbonyl (C=S) groups is 1. The molecule has 0 fully saturated rings. The molecule has 2 aromatic carbocycles. The molecule has 0 aromatic heterocycles. The molecule has 0 saturated carbocycles. The Hall–Kier alpha value is -2.25. The van der Waals surface area contributed by atoms with Gasteiger partial charge in [0.25, 0.3) is 10.0 Å². The Morgan fingerprint density at radius 2 is 1.70 bits per heavy atom. The number of Topliss-reactive ketones (excluding diaryl/α,β-unsaturated/α-hetero) is 1. The molecule has 7 heteroatoms.